The molecule has 6 nitrogen and oxygen atoms in total. The topological polar surface area (TPSA) is 64.7 Å². The summed E-state index contributed by atoms with van der Waals surface area (Å²) in [5, 5.41) is 12.6. The number of rotatable bonds is 5. The van der Waals surface area contributed by atoms with Gasteiger partial charge in [0.05, 0.1) is 11.7 Å². The molecule has 2 heterocycles. The molecule has 1 aromatic carbocycles. The van der Waals surface area contributed by atoms with Crippen molar-refractivity contribution in [3.8, 4) is 0 Å². The number of amides is 1. The van der Waals surface area contributed by atoms with E-state index in [0.29, 0.717) is 12.2 Å². The Labute approximate surface area is 135 Å². The van der Waals surface area contributed by atoms with Gasteiger partial charge in [-0.25, -0.2) is 0 Å². The molecule has 0 saturated carbocycles. The minimum absolute atomic E-state index is 0.130. The van der Waals surface area contributed by atoms with E-state index in [0.717, 1.165) is 29.6 Å². The van der Waals surface area contributed by atoms with Gasteiger partial charge >= 0.3 is 0 Å². The number of hydrogen-bond donors (Lipinski definition) is 1. The number of aromatic nitrogens is 4. The van der Waals surface area contributed by atoms with Crippen LogP contribution in [0.1, 0.15) is 28.2 Å². The lowest BCUT2D eigenvalue weighted by molar-refractivity contribution is 0.0947. The molecule has 3 aromatic rings. The van der Waals surface area contributed by atoms with Crippen LogP contribution in [0.3, 0.4) is 0 Å². The molecule has 0 radical (unpaired) electrons. The molecular weight excluding hydrogens is 290 g/mol. The molecule has 23 heavy (non-hydrogen) atoms. The fraction of sp³-hybridized carbons (Fsp3) is 0.353. The van der Waals surface area contributed by atoms with Crippen molar-refractivity contribution in [2.24, 2.45) is 7.05 Å². The number of aryl methyl sites for hydroxylation is 4. The highest BCUT2D eigenvalue weighted by atomic mass is 16.1. The molecule has 0 fully saturated rings. The molecule has 0 aliphatic heterocycles. The summed E-state index contributed by atoms with van der Waals surface area (Å²) in [5.74, 6) is -0.130. The molecule has 0 saturated heterocycles. The summed E-state index contributed by atoms with van der Waals surface area (Å²) >= 11 is 0. The van der Waals surface area contributed by atoms with Gasteiger partial charge in [-0.05, 0) is 38.0 Å². The lowest BCUT2D eigenvalue weighted by Crippen LogP contribution is -2.25. The Morgan fingerprint density at radius 3 is 2.83 bits per heavy atom. The van der Waals surface area contributed by atoms with E-state index in [9.17, 15) is 4.79 Å². The smallest absolute Gasteiger partial charge is 0.271 e. The third-order valence-corrected chi connectivity index (χ3v) is 3.98. The minimum Gasteiger partial charge on any atom is -0.351 e. The number of fused-ring (bicyclic) bond motifs is 1. The second-order valence-corrected chi connectivity index (χ2v) is 5.83. The number of hydrogen-bond acceptors (Lipinski definition) is 3. The van der Waals surface area contributed by atoms with Crippen LogP contribution in [0.5, 0.6) is 0 Å². The third-order valence-electron chi connectivity index (χ3n) is 3.98. The second-order valence-electron chi connectivity index (χ2n) is 5.83. The molecule has 0 atom stereocenters. The van der Waals surface area contributed by atoms with Crippen molar-refractivity contribution >= 4 is 16.8 Å². The van der Waals surface area contributed by atoms with E-state index in [1.807, 2.05) is 24.9 Å². The first-order valence-electron chi connectivity index (χ1n) is 7.75. The molecule has 2 aromatic heterocycles. The number of nitrogens with zero attached hydrogens (tertiary/aromatic N) is 4. The van der Waals surface area contributed by atoms with Crippen molar-refractivity contribution in [1.82, 2.24) is 24.9 Å². The van der Waals surface area contributed by atoms with Gasteiger partial charge in [0.25, 0.3) is 5.91 Å². The Morgan fingerprint density at radius 1 is 1.26 bits per heavy atom. The predicted octanol–water partition coefficient (Wildman–Crippen LogP) is 2.21. The van der Waals surface area contributed by atoms with Gasteiger partial charge in [-0.3, -0.25) is 14.2 Å². The van der Waals surface area contributed by atoms with Crippen LogP contribution in [0.4, 0.5) is 0 Å². The number of carbonyl (C=O) groups is 1. The van der Waals surface area contributed by atoms with Gasteiger partial charge in [-0.2, -0.15) is 10.2 Å². The van der Waals surface area contributed by atoms with E-state index in [2.05, 4.69) is 40.6 Å². The SMILES string of the molecule is Cc1ccc2cnn(CCCNC(=O)c3cc(C)n(C)n3)c2c1. The van der Waals surface area contributed by atoms with Crippen molar-refractivity contribution in [2.45, 2.75) is 26.8 Å². The lowest BCUT2D eigenvalue weighted by atomic mass is 10.2. The van der Waals surface area contributed by atoms with E-state index < -0.39 is 0 Å². The highest BCUT2D eigenvalue weighted by molar-refractivity contribution is 5.92. The fourth-order valence-corrected chi connectivity index (χ4v) is 2.55. The van der Waals surface area contributed by atoms with Crippen LogP contribution in [0.2, 0.25) is 0 Å². The summed E-state index contributed by atoms with van der Waals surface area (Å²) in [7, 11) is 1.83. The van der Waals surface area contributed by atoms with Gasteiger partial charge in [0.15, 0.2) is 0 Å². The number of nitrogens with one attached hydrogen (secondary N) is 1. The molecule has 1 N–H and O–H groups in total. The first-order valence-corrected chi connectivity index (χ1v) is 7.75. The quantitative estimate of drug-likeness (QED) is 0.735. The van der Waals surface area contributed by atoms with Gasteiger partial charge in [0, 0.05) is 31.2 Å². The van der Waals surface area contributed by atoms with E-state index >= 15 is 0 Å². The zero-order chi connectivity index (χ0) is 16.4. The first kappa shape index (κ1) is 15.3. The van der Waals surface area contributed by atoms with Crippen molar-refractivity contribution < 1.29 is 4.79 Å². The Balaban J connectivity index is 1.55. The predicted molar refractivity (Wildman–Crippen MR) is 89.4 cm³/mol. The third kappa shape index (κ3) is 3.26. The molecule has 6 heteroatoms. The normalized spacial score (nSPS) is 11.1. The summed E-state index contributed by atoms with van der Waals surface area (Å²) in [6.45, 7) is 5.37. The number of benzene rings is 1. The zero-order valence-electron chi connectivity index (χ0n) is 13.7. The Hall–Kier alpha value is -2.63. The van der Waals surface area contributed by atoms with Crippen LogP contribution in [0, 0.1) is 13.8 Å². The highest BCUT2D eigenvalue weighted by Crippen LogP contribution is 2.15. The lowest BCUT2D eigenvalue weighted by Gasteiger charge is -2.05. The van der Waals surface area contributed by atoms with Crippen molar-refractivity contribution in [3.63, 3.8) is 0 Å². The van der Waals surface area contributed by atoms with Crippen LogP contribution >= 0.6 is 0 Å². The number of carbonyl (C=O) groups excluding carboxylic acids is 1. The maximum absolute atomic E-state index is 12.0. The average molecular weight is 311 g/mol. The van der Waals surface area contributed by atoms with E-state index in [-0.39, 0.29) is 5.91 Å². The van der Waals surface area contributed by atoms with E-state index in [1.165, 1.54) is 5.56 Å². The summed E-state index contributed by atoms with van der Waals surface area (Å²) < 4.78 is 3.69. The van der Waals surface area contributed by atoms with Gasteiger partial charge < -0.3 is 5.32 Å². The second kappa shape index (κ2) is 6.24. The molecule has 0 aliphatic carbocycles. The largest absolute Gasteiger partial charge is 0.351 e. The van der Waals surface area contributed by atoms with Crippen molar-refractivity contribution in [2.75, 3.05) is 6.54 Å². The maximum atomic E-state index is 12.0. The molecule has 0 unspecified atom stereocenters. The molecule has 0 spiro atoms. The Morgan fingerprint density at radius 2 is 2.09 bits per heavy atom. The van der Waals surface area contributed by atoms with Crippen LogP contribution in [-0.2, 0) is 13.6 Å². The summed E-state index contributed by atoms with van der Waals surface area (Å²) in [5.41, 5.74) is 3.79. The zero-order valence-corrected chi connectivity index (χ0v) is 13.7. The Bertz CT molecular complexity index is 826. The average Bonchev–Trinajstić information content (AvgIpc) is 3.07. The van der Waals surface area contributed by atoms with Gasteiger partial charge in [-0.15, -0.1) is 0 Å². The standard InChI is InChI=1S/C17H21N5O/c1-12-5-6-14-11-19-22(16(14)9-12)8-4-7-18-17(23)15-10-13(2)21(3)20-15/h5-6,9-11H,4,7-8H2,1-3H3,(H,18,23). The summed E-state index contributed by atoms with van der Waals surface area (Å²) in [6, 6.07) is 8.10. The van der Waals surface area contributed by atoms with Crippen LogP contribution in [0.15, 0.2) is 30.5 Å². The van der Waals surface area contributed by atoms with Crippen LogP contribution in [0.25, 0.3) is 10.9 Å². The van der Waals surface area contributed by atoms with Crippen LogP contribution < -0.4 is 5.32 Å². The van der Waals surface area contributed by atoms with E-state index in [1.54, 1.807) is 10.7 Å². The van der Waals surface area contributed by atoms with Crippen molar-refractivity contribution in [3.05, 3.63) is 47.4 Å². The van der Waals surface area contributed by atoms with Gasteiger partial charge in [0.1, 0.15) is 5.69 Å². The molecule has 1 amide bonds. The molecule has 0 bridgehead atoms. The van der Waals surface area contributed by atoms with Crippen molar-refractivity contribution in [1.29, 1.82) is 0 Å². The molecule has 3 rings (SSSR count). The molecule has 0 aliphatic rings. The van der Waals surface area contributed by atoms with Gasteiger partial charge in [-0.1, -0.05) is 12.1 Å². The highest BCUT2D eigenvalue weighted by Gasteiger charge is 2.10. The van der Waals surface area contributed by atoms with E-state index in [4.69, 9.17) is 0 Å². The Kier molecular flexibility index (Phi) is 4.14. The minimum atomic E-state index is -0.130. The first-order chi connectivity index (χ1) is 11.0. The monoisotopic (exact) mass is 311 g/mol. The molecular formula is C17H21N5O. The van der Waals surface area contributed by atoms with Crippen LogP contribution in [-0.4, -0.2) is 32.0 Å². The maximum Gasteiger partial charge on any atom is 0.271 e. The van der Waals surface area contributed by atoms with Gasteiger partial charge in [0.2, 0.25) is 0 Å². The summed E-state index contributed by atoms with van der Waals surface area (Å²) in [4.78, 5) is 12.0. The summed E-state index contributed by atoms with van der Waals surface area (Å²) in [6.07, 6.45) is 2.70. The molecule has 120 valence electrons. The fourth-order valence-electron chi connectivity index (χ4n) is 2.55.